The van der Waals surface area contributed by atoms with E-state index in [1.165, 1.54) is 34.9 Å². The highest BCUT2D eigenvalue weighted by Gasteiger charge is 2.17. The number of fused-ring (bicyclic) bond motifs is 1. The number of hydrogen-bond acceptors (Lipinski definition) is 2. The van der Waals surface area contributed by atoms with Crippen molar-refractivity contribution in [2.24, 2.45) is 0 Å². The van der Waals surface area contributed by atoms with E-state index < -0.39 is 0 Å². The second kappa shape index (κ2) is 4.61. The van der Waals surface area contributed by atoms with Crippen LogP contribution >= 0.6 is 11.8 Å². The van der Waals surface area contributed by atoms with E-state index in [9.17, 15) is 0 Å². The third-order valence-electron chi connectivity index (χ3n) is 3.37. The van der Waals surface area contributed by atoms with Gasteiger partial charge in [-0.25, -0.2) is 0 Å². The third-order valence-corrected chi connectivity index (χ3v) is 4.81. The second-order valence-corrected chi connectivity index (χ2v) is 5.78. The molecule has 0 N–H and O–H groups in total. The normalized spacial score (nSPS) is 19.7. The topological polar surface area (TPSA) is 9.23 Å². The van der Waals surface area contributed by atoms with Gasteiger partial charge in [-0.2, -0.15) is 11.8 Å². The molecule has 0 spiro atoms. The molecule has 1 atom stereocenters. The molecule has 2 heteroatoms. The van der Waals surface area contributed by atoms with Crippen LogP contribution in [-0.4, -0.2) is 12.9 Å². The lowest BCUT2D eigenvalue weighted by atomic mass is 10.0. The molecule has 1 aliphatic rings. The van der Waals surface area contributed by atoms with E-state index in [-0.39, 0.29) is 0 Å². The van der Waals surface area contributed by atoms with Crippen molar-refractivity contribution >= 4 is 22.5 Å². The maximum Gasteiger partial charge on any atom is 0.119 e. The maximum atomic E-state index is 5.25. The third kappa shape index (κ3) is 2.14. The lowest BCUT2D eigenvalue weighted by molar-refractivity contribution is 0.415. The van der Waals surface area contributed by atoms with Crippen molar-refractivity contribution in [1.29, 1.82) is 0 Å². The molecule has 2 aromatic rings. The fourth-order valence-corrected chi connectivity index (χ4v) is 3.70. The van der Waals surface area contributed by atoms with Crippen molar-refractivity contribution in [1.82, 2.24) is 0 Å². The molecule has 88 valence electrons. The summed E-state index contributed by atoms with van der Waals surface area (Å²) in [6, 6.07) is 13.1. The van der Waals surface area contributed by atoms with E-state index in [1.54, 1.807) is 7.11 Å². The first kappa shape index (κ1) is 11.0. The molecule has 0 aromatic heterocycles. The summed E-state index contributed by atoms with van der Waals surface area (Å²) in [6.45, 7) is 0. The van der Waals surface area contributed by atoms with Gasteiger partial charge in [-0.3, -0.25) is 0 Å². The molecule has 1 fully saturated rings. The Morgan fingerprint density at radius 3 is 2.71 bits per heavy atom. The van der Waals surface area contributed by atoms with Crippen LogP contribution in [0.1, 0.15) is 23.7 Å². The lowest BCUT2D eigenvalue weighted by Gasteiger charge is -2.10. The molecule has 17 heavy (non-hydrogen) atoms. The average molecular weight is 244 g/mol. The largest absolute Gasteiger partial charge is 0.497 e. The summed E-state index contributed by atoms with van der Waals surface area (Å²) < 4.78 is 5.25. The molecule has 1 saturated heterocycles. The monoisotopic (exact) mass is 244 g/mol. The van der Waals surface area contributed by atoms with Crippen LogP contribution in [0.3, 0.4) is 0 Å². The van der Waals surface area contributed by atoms with Crippen molar-refractivity contribution < 1.29 is 4.74 Å². The van der Waals surface area contributed by atoms with Crippen LogP contribution in [0.15, 0.2) is 36.4 Å². The van der Waals surface area contributed by atoms with E-state index in [0.29, 0.717) is 5.25 Å². The zero-order valence-electron chi connectivity index (χ0n) is 9.98. The Bertz CT molecular complexity index is 529. The summed E-state index contributed by atoms with van der Waals surface area (Å²) in [5.41, 5.74) is 1.48. The second-order valence-electron chi connectivity index (χ2n) is 4.47. The zero-order valence-corrected chi connectivity index (χ0v) is 10.8. The summed E-state index contributed by atoms with van der Waals surface area (Å²) in [5, 5.41) is 3.29. The molecular formula is C15H16OS. The minimum Gasteiger partial charge on any atom is -0.497 e. The molecule has 1 nitrogen and oxygen atoms in total. The Morgan fingerprint density at radius 2 is 1.94 bits per heavy atom. The first-order valence-electron chi connectivity index (χ1n) is 6.06. The summed E-state index contributed by atoms with van der Waals surface area (Å²) in [7, 11) is 1.71. The van der Waals surface area contributed by atoms with Gasteiger partial charge in [-0.05, 0) is 47.1 Å². The highest BCUT2D eigenvalue weighted by molar-refractivity contribution is 7.99. The van der Waals surface area contributed by atoms with E-state index in [0.717, 1.165) is 5.75 Å². The van der Waals surface area contributed by atoms with Crippen molar-refractivity contribution in [3.8, 4) is 5.75 Å². The zero-order chi connectivity index (χ0) is 11.7. The highest BCUT2D eigenvalue weighted by atomic mass is 32.2. The molecule has 3 rings (SSSR count). The van der Waals surface area contributed by atoms with Crippen molar-refractivity contribution in [3.05, 3.63) is 42.0 Å². The van der Waals surface area contributed by atoms with Gasteiger partial charge in [0, 0.05) is 5.25 Å². The number of rotatable bonds is 2. The fourth-order valence-electron chi connectivity index (χ4n) is 2.41. The molecule has 0 bridgehead atoms. The summed E-state index contributed by atoms with van der Waals surface area (Å²) in [6.07, 6.45) is 2.68. The first-order chi connectivity index (χ1) is 8.36. The van der Waals surface area contributed by atoms with E-state index in [1.807, 2.05) is 6.07 Å². The molecule has 1 heterocycles. The van der Waals surface area contributed by atoms with Gasteiger partial charge in [0.1, 0.15) is 5.75 Å². The molecule has 0 aliphatic carbocycles. The van der Waals surface area contributed by atoms with Crippen LogP contribution in [0.25, 0.3) is 10.8 Å². The Kier molecular flexibility index (Phi) is 2.98. The van der Waals surface area contributed by atoms with Gasteiger partial charge in [0.15, 0.2) is 0 Å². The summed E-state index contributed by atoms with van der Waals surface area (Å²) >= 11 is 2.09. The molecule has 0 radical (unpaired) electrons. The molecule has 2 aromatic carbocycles. The Labute approximate surface area is 106 Å². The summed E-state index contributed by atoms with van der Waals surface area (Å²) in [5.74, 6) is 2.24. The average Bonchev–Trinajstić information content (AvgIpc) is 2.91. The van der Waals surface area contributed by atoms with Crippen LogP contribution in [0.2, 0.25) is 0 Å². The van der Waals surface area contributed by atoms with Gasteiger partial charge < -0.3 is 4.74 Å². The lowest BCUT2D eigenvalue weighted by Crippen LogP contribution is -1.89. The highest BCUT2D eigenvalue weighted by Crippen LogP contribution is 2.40. The van der Waals surface area contributed by atoms with Gasteiger partial charge in [0.05, 0.1) is 7.11 Å². The first-order valence-corrected chi connectivity index (χ1v) is 7.11. The summed E-state index contributed by atoms with van der Waals surface area (Å²) in [4.78, 5) is 0. The van der Waals surface area contributed by atoms with Crippen molar-refractivity contribution in [3.63, 3.8) is 0 Å². The molecule has 1 aliphatic heterocycles. The van der Waals surface area contributed by atoms with Crippen LogP contribution in [0.4, 0.5) is 0 Å². The van der Waals surface area contributed by atoms with Gasteiger partial charge in [0.2, 0.25) is 0 Å². The van der Waals surface area contributed by atoms with Crippen molar-refractivity contribution in [2.75, 3.05) is 12.9 Å². The van der Waals surface area contributed by atoms with Crippen LogP contribution in [0, 0.1) is 0 Å². The van der Waals surface area contributed by atoms with Gasteiger partial charge in [0.25, 0.3) is 0 Å². The predicted molar refractivity (Wildman–Crippen MR) is 74.9 cm³/mol. The Hall–Kier alpha value is -1.15. The van der Waals surface area contributed by atoms with Gasteiger partial charge >= 0.3 is 0 Å². The Balaban J connectivity index is 2.01. The fraction of sp³-hybridized carbons (Fsp3) is 0.333. The number of hydrogen-bond donors (Lipinski definition) is 0. The number of ether oxygens (including phenoxy) is 1. The van der Waals surface area contributed by atoms with Crippen LogP contribution in [0.5, 0.6) is 5.75 Å². The number of methoxy groups -OCH3 is 1. The number of thioether (sulfide) groups is 1. The smallest absolute Gasteiger partial charge is 0.119 e. The minimum absolute atomic E-state index is 0.710. The molecule has 0 amide bonds. The van der Waals surface area contributed by atoms with Crippen LogP contribution in [-0.2, 0) is 0 Å². The molecular weight excluding hydrogens is 228 g/mol. The SMILES string of the molecule is COc1ccc2cc(C3CCCS3)ccc2c1. The standard InChI is InChI=1S/C15H16OS/c1-16-14-7-6-11-9-13(5-4-12(11)10-14)15-3-2-8-17-15/h4-7,9-10,15H,2-3,8H2,1H3. The van der Waals surface area contributed by atoms with Gasteiger partial charge in [-0.15, -0.1) is 0 Å². The van der Waals surface area contributed by atoms with Crippen molar-refractivity contribution in [2.45, 2.75) is 18.1 Å². The van der Waals surface area contributed by atoms with Crippen LogP contribution < -0.4 is 4.74 Å². The van der Waals surface area contributed by atoms with Gasteiger partial charge in [-0.1, -0.05) is 24.3 Å². The van der Waals surface area contributed by atoms with E-state index in [4.69, 9.17) is 4.74 Å². The quantitative estimate of drug-likeness (QED) is 0.773. The van der Waals surface area contributed by atoms with E-state index in [2.05, 4.69) is 42.1 Å². The minimum atomic E-state index is 0.710. The Morgan fingerprint density at radius 1 is 1.12 bits per heavy atom. The number of benzene rings is 2. The van der Waals surface area contributed by atoms with E-state index >= 15 is 0 Å². The maximum absolute atomic E-state index is 5.25. The molecule has 0 saturated carbocycles. The predicted octanol–water partition coefficient (Wildman–Crippen LogP) is 4.42. The molecule has 1 unspecified atom stereocenters.